The molecule has 0 atom stereocenters. The summed E-state index contributed by atoms with van der Waals surface area (Å²) in [5, 5.41) is 2.64. The number of halogens is 4. The Bertz CT molecular complexity index is 393. The summed E-state index contributed by atoms with van der Waals surface area (Å²) in [6.07, 6.45) is -3.59. The van der Waals surface area contributed by atoms with E-state index in [9.17, 15) is 18.0 Å². The Labute approximate surface area is 115 Å². The molecule has 1 rings (SSSR count). The van der Waals surface area contributed by atoms with E-state index in [0.29, 0.717) is 25.1 Å². The first-order valence-corrected chi connectivity index (χ1v) is 5.56. The smallest absolute Gasteiger partial charge is 0.356 e. The molecule has 0 aromatic heterocycles. The molecule has 3 N–H and O–H groups in total. The molecule has 0 aliphatic rings. The van der Waals surface area contributed by atoms with Crippen LogP contribution in [0, 0.1) is 0 Å². The molecule has 0 aliphatic carbocycles. The van der Waals surface area contributed by atoms with Crippen molar-refractivity contribution in [3.05, 3.63) is 35.4 Å². The van der Waals surface area contributed by atoms with Crippen molar-refractivity contribution < 1.29 is 18.0 Å². The number of hydrogen-bond acceptors (Lipinski definition) is 2. The van der Waals surface area contributed by atoms with Gasteiger partial charge in [-0.3, -0.25) is 4.79 Å². The van der Waals surface area contributed by atoms with Crippen LogP contribution in [0.4, 0.5) is 13.2 Å². The summed E-state index contributed by atoms with van der Waals surface area (Å²) in [4.78, 5) is 11.4. The van der Waals surface area contributed by atoms with Crippen molar-refractivity contribution in [3.63, 3.8) is 0 Å². The molecule has 1 aromatic rings. The van der Waals surface area contributed by atoms with Crippen LogP contribution in [0.25, 0.3) is 0 Å². The Hall–Kier alpha value is -1.27. The van der Waals surface area contributed by atoms with Gasteiger partial charge in [0.2, 0.25) is 5.91 Å². The fourth-order valence-electron chi connectivity index (χ4n) is 1.39. The maximum absolute atomic E-state index is 12.3. The monoisotopic (exact) mass is 296 g/mol. The molecule has 3 nitrogen and oxygen atoms in total. The van der Waals surface area contributed by atoms with E-state index in [4.69, 9.17) is 5.73 Å². The van der Waals surface area contributed by atoms with Gasteiger partial charge in [-0.2, -0.15) is 13.2 Å². The lowest BCUT2D eigenvalue weighted by molar-refractivity contribution is -0.137. The second kappa shape index (κ2) is 8.01. The van der Waals surface area contributed by atoms with E-state index in [2.05, 4.69) is 5.32 Å². The molecular weight excluding hydrogens is 281 g/mol. The zero-order chi connectivity index (χ0) is 13.6. The van der Waals surface area contributed by atoms with E-state index >= 15 is 0 Å². The van der Waals surface area contributed by atoms with Gasteiger partial charge in [0.05, 0.1) is 12.0 Å². The highest BCUT2D eigenvalue weighted by Gasteiger charge is 2.29. The molecule has 0 saturated heterocycles. The van der Waals surface area contributed by atoms with Crippen LogP contribution >= 0.6 is 12.4 Å². The molecule has 0 saturated carbocycles. The number of nitrogens with two attached hydrogens (primary N) is 1. The maximum Gasteiger partial charge on any atom is 0.416 e. The first kappa shape index (κ1) is 17.7. The van der Waals surface area contributed by atoms with Crippen LogP contribution in [0.1, 0.15) is 17.5 Å². The number of carbonyl (C=O) groups excluding carboxylic acids is 1. The van der Waals surface area contributed by atoms with Gasteiger partial charge in [0.1, 0.15) is 0 Å². The number of nitrogens with one attached hydrogen (secondary N) is 1. The number of benzene rings is 1. The largest absolute Gasteiger partial charge is 0.416 e. The molecule has 0 heterocycles. The van der Waals surface area contributed by atoms with Gasteiger partial charge in [-0.1, -0.05) is 12.1 Å². The van der Waals surface area contributed by atoms with E-state index in [0.717, 1.165) is 12.1 Å². The number of hydrogen-bond donors (Lipinski definition) is 2. The Morgan fingerprint density at radius 2 is 1.79 bits per heavy atom. The van der Waals surface area contributed by atoms with Crippen LogP contribution < -0.4 is 11.1 Å². The third kappa shape index (κ3) is 6.45. The predicted octanol–water partition coefficient (Wildman–Crippen LogP) is 2.13. The van der Waals surface area contributed by atoms with Gasteiger partial charge in [-0.15, -0.1) is 12.4 Å². The van der Waals surface area contributed by atoms with Crippen molar-refractivity contribution in [2.45, 2.75) is 19.0 Å². The first-order valence-electron chi connectivity index (χ1n) is 5.56. The average molecular weight is 297 g/mol. The number of carbonyl (C=O) groups is 1. The molecule has 0 spiro atoms. The van der Waals surface area contributed by atoms with E-state index in [1.807, 2.05) is 0 Å². The van der Waals surface area contributed by atoms with Crippen LogP contribution in [0.5, 0.6) is 0 Å². The van der Waals surface area contributed by atoms with Gasteiger partial charge >= 0.3 is 6.18 Å². The summed E-state index contributed by atoms with van der Waals surface area (Å²) in [5.74, 6) is -0.219. The lowest BCUT2D eigenvalue weighted by Crippen LogP contribution is -2.27. The highest BCUT2D eigenvalue weighted by Crippen LogP contribution is 2.29. The average Bonchev–Trinajstić information content (AvgIpc) is 2.29. The number of amides is 1. The fraction of sp³-hybridized carbons (Fsp3) is 0.417. The lowest BCUT2D eigenvalue weighted by atomic mass is 10.1. The van der Waals surface area contributed by atoms with E-state index in [1.54, 1.807) is 0 Å². The van der Waals surface area contributed by atoms with Gasteiger partial charge in [-0.05, 0) is 30.7 Å². The zero-order valence-corrected chi connectivity index (χ0v) is 11.0. The highest BCUT2D eigenvalue weighted by molar-refractivity contribution is 5.85. The minimum atomic E-state index is -4.35. The second-order valence-corrected chi connectivity index (χ2v) is 3.86. The van der Waals surface area contributed by atoms with Crippen LogP contribution in [0.2, 0.25) is 0 Å². The summed E-state index contributed by atoms with van der Waals surface area (Å²) in [6, 6.07) is 4.57. The molecule has 0 aliphatic heterocycles. The Morgan fingerprint density at radius 1 is 1.21 bits per heavy atom. The summed E-state index contributed by atoms with van der Waals surface area (Å²) < 4.78 is 36.9. The van der Waals surface area contributed by atoms with Crippen LogP contribution in [0.15, 0.2) is 24.3 Å². The molecule has 19 heavy (non-hydrogen) atoms. The Balaban J connectivity index is 0.00000324. The standard InChI is InChI=1S/C12H15F3N2O.ClH/c13-12(14,15)10-4-2-9(3-5-10)8-11(18)17-7-1-6-16;/h2-5H,1,6-8,16H2,(H,17,18);1H. The molecule has 1 amide bonds. The van der Waals surface area contributed by atoms with Gasteiger partial charge < -0.3 is 11.1 Å². The summed E-state index contributed by atoms with van der Waals surface area (Å²) in [6.45, 7) is 0.969. The van der Waals surface area contributed by atoms with Crippen molar-refractivity contribution in [1.29, 1.82) is 0 Å². The SMILES string of the molecule is Cl.NCCCNC(=O)Cc1ccc(C(F)(F)F)cc1. The third-order valence-electron chi connectivity index (χ3n) is 2.35. The topological polar surface area (TPSA) is 55.1 Å². The van der Waals surface area contributed by atoms with Crippen molar-refractivity contribution >= 4 is 18.3 Å². The molecule has 108 valence electrons. The quantitative estimate of drug-likeness (QED) is 0.818. The van der Waals surface area contributed by atoms with Crippen LogP contribution in [-0.4, -0.2) is 19.0 Å². The van der Waals surface area contributed by atoms with E-state index in [1.165, 1.54) is 12.1 Å². The highest BCUT2D eigenvalue weighted by atomic mass is 35.5. The number of rotatable bonds is 5. The van der Waals surface area contributed by atoms with Gasteiger partial charge in [0, 0.05) is 6.54 Å². The van der Waals surface area contributed by atoms with Crippen molar-refractivity contribution in [2.75, 3.05) is 13.1 Å². The minimum absolute atomic E-state index is 0. The van der Waals surface area contributed by atoms with Crippen LogP contribution in [-0.2, 0) is 17.4 Å². The normalized spacial score (nSPS) is 10.7. The van der Waals surface area contributed by atoms with Crippen molar-refractivity contribution in [1.82, 2.24) is 5.32 Å². The lowest BCUT2D eigenvalue weighted by Gasteiger charge is -2.08. The molecule has 0 radical (unpaired) electrons. The molecule has 0 unspecified atom stereocenters. The van der Waals surface area contributed by atoms with E-state index in [-0.39, 0.29) is 24.7 Å². The van der Waals surface area contributed by atoms with Crippen LogP contribution in [0.3, 0.4) is 0 Å². The second-order valence-electron chi connectivity index (χ2n) is 3.86. The van der Waals surface area contributed by atoms with Gasteiger partial charge in [-0.25, -0.2) is 0 Å². The molecule has 1 aromatic carbocycles. The summed E-state index contributed by atoms with van der Waals surface area (Å²) in [7, 11) is 0. The fourth-order valence-corrected chi connectivity index (χ4v) is 1.39. The third-order valence-corrected chi connectivity index (χ3v) is 2.35. The molecule has 0 bridgehead atoms. The Kier molecular flexibility index (Phi) is 7.48. The van der Waals surface area contributed by atoms with Gasteiger partial charge in [0.15, 0.2) is 0 Å². The predicted molar refractivity (Wildman–Crippen MR) is 69.1 cm³/mol. The number of alkyl halides is 3. The Morgan fingerprint density at radius 3 is 2.26 bits per heavy atom. The summed E-state index contributed by atoms with van der Waals surface area (Å²) in [5.41, 5.74) is 5.10. The minimum Gasteiger partial charge on any atom is -0.356 e. The molecule has 0 fully saturated rings. The van der Waals surface area contributed by atoms with Crippen molar-refractivity contribution in [2.24, 2.45) is 5.73 Å². The first-order chi connectivity index (χ1) is 8.43. The molecular formula is C12H16ClF3N2O. The van der Waals surface area contributed by atoms with Crippen molar-refractivity contribution in [3.8, 4) is 0 Å². The maximum atomic E-state index is 12.3. The van der Waals surface area contributed by atoms with E-state index < -0.39 is 11.7 Å². The molecule has 7 heteroatoms. The summed E-state index contributed by atoms with van der Waals surface area (Å²) >= 11 is 0. The zero-order valence-electron chi connectivity index (χ0n) is 10.2. The van der Waals surface area contributed by atoms with Gasteiger partial charge in [0.25, 0.3) is 0 Å².